The first-order valence-electron chi connectivity index (χ1n) is 9.72. The summed E-state index contributed by atoms with van der Waals surface area (Å²) in [7, 11) is 0. The van der Waals surface area contributed by atoms with Crippen LogP contribution < -0.4 is 0 Å². The SMILES string of the molecule is Cc1cccc(-n2nc(C)c3c2C[C@H](c2ccc(C(C)C)cc2)CC3=O)c1. The molecule has 3 aromatic rings. The van der Waals surface area contributed by atoms with Crippen molar-refractivity contribution in [2.24, 2.45) is 0 Å². The van der Waals surface area contributed by atoms with E-state index in [1.807, 2.05) is 17.7 Å². The molecule has 1 heterocycles. The molecule has 1 atom stereocenters. The smallest absolute Gasteiger partial charge is 0.167 e. The molecular weight excluding hydrogens is 332 g/mol. The predicted molar refractivity (Wildman–Crippen MR) is 109 cm³/mol. The number of rotatable bonds is 3. The lowest BCUT2D eigenvalue weighted by atomic mass is 9.81. The Labute approximate surface area is 161 Å². The van der Waals surface area contributed by atoms with Gasteiger partial charge in [0.1, 0.15) is 0 Å². The standard InChI is InChI=1S/C24H26N2O/c1-15(2)18-8-10-19(11-9-18)20-13-22-24(23(27)14-20)17(4)25-26(22)21-7-5-6-16(3)12-21/h5-12,15,20H,13-14H2,1-4H3/t20-/m0/s1. The fraction of sp³-hybridized carbons (Fsp3) is 0.333. The van der Waals surface area contributed by atoms with Crippen molar-refractivity contribution in [1.82, 2.24) is 9.78 Å². The van der Waals surface area contributed by atoms with Gasteiger partial charge in [-0.1, -0.05) is 50.2 Å². The Morgan fingerprint density at radius 2 is 1.78 bits per heavy atom. The van der Waals surface area contributed by atoms with E-state index in [-0.39, 0.29) is 11.7 Å². The number of Topliss-reactive ketones (excluding diaryl/α,β-unsaturated/α-hetero) is 1. The van der Waals surface area contributed by atoms with Gasteiger partial charge in [0.05, 0.1) is 22.6 Å². The number of ketones is 1. The largest absolute Gasteiger partial charge is 0.294 e. The van der Waals surface area contributed by atoms with E-state index in [1.54, 1.807) is 0 Å². The van der Waals surface area contributed by atoms with E-state index in [9.17, 15) is 4.79 Å². The fourth-order valence-electron chi connectivity index (χ4n) is 4.12. The topological polar surface area (TPSA) is 34.9 Å². The summed E-state index contributed by atoms with van der Waals surface area (Å²) in [6, 6.07) is 17.1. The van der Waals surface area contributed by atoms with Crippen molar-refractivity contribution < 1.29 is 4.79 Å². The minimum Gasteiger partial charge on any atom is -0.294 e. The molecule has 4 rings (SSSR count). The molecule has 138 valence electrons. The molecule has 1 aromatic heterocycles. The summed E-state index contributed by atoms with van der Waals surface area (Å²) in [6.45, 7) is 8.43. The first-order valence-corrected chi connectivity index (χ1v) is 9.72. The molecule has 3 heteroatoms. The number of carbonyl (C=O) groups excluding carboxylic acids is 1. The van der Waals surface area contributed by atoms with Gasteiger partial charge in [-0.3, -0.25) is 4.79 Å². The molecule has 0 saturated heterocycles. The number of hydrogen-bond donors (Lipinski definition) is 0. The molecule has 1 aliphatic rings. The van der Waals surface area contributed by atoms with Crippen LogP contribution in [0.5, 0.6) is 0 Å². The first-order chi connectivity index (χ1) is 12.9. The van der Waals surface area contributed by atoms with Crippen LogP contribution in [0.1, 0.15) is 70.5 Å². The van der Waals surface area contributed by atoms with Gasteiger partial charge in [0.25, 0.3) is 0 Å². The number of aryl methyl sites for hydroxylation is 2. The van der Waals surface area contributed by atoms with E-state index >= 15 is 0 Å². The highest BCUT2D eigenvalue weighted by atomic mass is 16.1. The van der Waals surface area contributed by atoms with Gasteiger partial charge in [0.2, 0.25) is 0 Å². The number of hydrogen-bond acceptors (Lipinski definition) is 2. The van der Waals surface area contributed by atoms with Crippen molar-refractivity contribution in [3.8, 4) is 5.69 Å². The number of fused-ring (bicyclic) bond motifs is 1. The molecule has 0 radical (unpaired) electrons. The lowest BCUT2D eigenvalue weighted by Gasteiger charge is -2.23. The molecule has 27 heavy (non-hydrogen) atoms. The van der Waals surface area contributed by atoms with Gasteiger partial charge < -0.3 is 0 Å². The normalized spacial score (nSPS) is 16.6. The Bertz CT molecular complexity index is 996. The van der Waals surface area contributed by atoms with Crippen LogP contribution in [0, 0.1) is 13.8 Å². The van der Waals surface area contributed by atoms with Crippen molar-refractivity contribution in [3.05, 3.63) is 82.2 Å². The third kappa shape index (κ3) is 3.23. The fourth-order valence-corrected chi connectivity index (χ4v) is 4.12. The van der Waals surface area contributed by atoms with Gasteiger partial charge in [-0.05, 0) is 60.9 Å². The molecular formula is C24H26N2O. The summed E-state index contributed by atoms with van der Waals surface area (Å²) in [4.78, 5) is 12.9. The Kier molecular flexibility index (Phi) is 4.47. The lowest BCUT2D eigenvalue weighted by Crippen LogP contribution is -2.20. The van der Waals surface area contributed by atoms with Crippen LogP contribution in [-0.2, 0) is 6.42 Å². The monoisotopic (exact) mass is 358 g/mol. The summed E-state index contributed by atoms with van der Waals surface area (Å²) in [5.74, 6) is 0.945. The van der Waals surface area contributed by atoms with E-state index in [0.717, 1.165) is 29.1 Å². The molecule has 0 amide bonds. The third-order valence-corrected chi connectivity index (χ3v) is 5.63. The van der Waals surface area contributed by atoms with E-state index in [2.05, 4.69) is 63.2 Å². The summed E-state index contributed by atoms with van der Waals surface area (Å²) < 4.78 is 1.98. The quantitative estimate of drug-likeness (QED) is 0.617. The maximum atomic E-state index is 12.9. The van der Waals surface area contributed by atoms with Crippen LogP contribution in [0.25, 0.3) is 5.69 Å². The zero-order chi connectivity index (χ0) is 19.1. The lowest BCUT2D eigenvalue weighted by molar-refractivity contribution is 0.0963. The average molecular weight is 358 g/mol. The van der Waals surface area contributed by atoms with E-state index in [0.29, 0.717) is 12.3 Å². The molecule has 1 aliphatic carbocycles. The molecule has 0 unspecified atom stereocenters. The van der Waals surface area contributed by atoms with E-state index in [1.165, 1.54) is 16.7 Å². The van der Waals surface area contributed by atoms with Crippen LogP contribution in [0.4, 0.5) is 0 Å². The maximum Gasteiger partial charge on any atom is 0.167 e. The van der Waals surface area contributed by atoms with Crippen molar-refractivity contribution in [2.75, 3.05) is 0 Å². The van der Waals surface area contributed by atoms with Crippen molar-refractivity contribution in [2.45, 2.75) is 52.4 Å². The number of carbonyl (C=O) groups is 1. The van der Waals surface area contributed by atoms with Crippen LogP contribution in [0.15, 0.2) is 48.5 Å². The summed E-state index contributed by atoms with van der Waals surface area (Å²) in [6.07, 6.45) is 1.41. The van der Waals surface area contributed by atoms with Gasteiger partial charge in [0.15, 0.2) is 5.78 Å². The molecule has 0 saturated carbocycles. The Morgan fingerprint density at radius 3 is 2.44 bits per heavy atom. The number of aromatic nitrogens is 2. The molecule has 0 spiro atoms. The summed E-state index contributed by atoms with van der Waals surface area (Å²) >= 11 is 0. The highest BCUT2D eigenvalue weighted by Crippen LogP contribution is 2.35. The van der Waals surface area contributed by atoms with E-state index < -0.39 is 0 Å². The molecule has 3 nitrogen and oxygen atoms in total. The first kappa shape index (κ1) is 17.7. The van der Waals surface area contributed by atoms with Crippen LogP contribution in [0.2, 0.25) is 0 Å². The van der Waals surface area contributed by atoms with Crippen LogP contribution in [-0.4, -0.2) is 15.6 Å². The zero-order valence-corrected chi connectivity index (χ0v) is 16.5. The maximum absolute atomic E-state index is 12.9. The van der Waals surface area contributed by atoms with Crippen molar-refractivity contribution >= 4 is 5.78 Å². The van der Waals surface area contributed by atoms with Gasteiger partial charge in [-0.25, -0.2) is 4.68 Å². The Hall–Kier alpha value is -2.68. The molecule has 0 bridgehead atoms. The summed E-state index contributed by atoms with van der Waals surface area (Å²) in [5, 5.41) is 4.72. The molecule has 0 N–H and O–H groups in total. The van der Waals surface area contributed by atoms with Crippen LogP contribution in [0.3, 0.4) is 0 Å². The minimum absolute atomic E-state index is 0.214. The van der Waals surface area contributed by atoms with Gasteiger partial charge in [-0.15, -0.1) is 0 Å². The average Bonchev–Trinajstić information content (AvgIpc) is 2.99. The van der Waals surface area contributed by atoms with Crippen molar-refractivity contribution in [3.63, 3.8) is 0 Å². The Balaban J connectivity index is 1.73. The minimum atomic E-state index is 0.214. The highest BCUT2D eigenvalue weighted by Gasteiger charge is 2.32. The second kappa shape index (κ2) is 6.80. The Morgan fingerprint density at radius 1 is 1.04 bits per heavy atom. The second-order valence-corrected chi connectivity index (χ2v) is 8.01. The molecule has 2 aromatic carbocycles. The highest BCUT2D eigenvalue weighted by molar-refractivity contribution is 6.00. The number of nitrogens with zero attached hydrogens (tertiary/aromatic N) is 2. The molecule has 0 fully saturated rings. The predicted octanol–water partition coefficient (Wildman–Crippen LogP) is 5.53. The van der Waals surface area contributed by atoms with Crippen LogP contribution >= 0.6 is 0 Å². The number of benzene rings is 2. The van der Waals surface area contributed by atoms with Crippen molar-refractivity contribution in [1.29, 1.82) is 0 Å². The van der Waals surface area contributed by atoms with E-state index in [4.69, 9.17) is 5.10 Å². The second-order valence-electron chi connectivity index (χ2n) is 8.01. The van der Waals surface area contributed by atoms with Gasteiger partial charge in [-0.2, -0.15) is 5.10 Å². The third-order valence-electron chi connectivity index (χ3n) is 5.63. The van der Waals surface area contributed by atoms with Gasteiger partial charge in [0, 0.05) is 6.42 Å². The summed E-state index contributed by atoms with van der Waals surface area (Å²) in [5.41, 5.74) is 7.51. The van der Waals surface area contributed by atoms with Gasteiger partial charge >= 0.3 is 0 Å². The zero-order valence-electron chi connectivity index (χ0n) is 16.5. The molecule has 0 aliphatic heterocycles.